The lowest BCUT2D eigenvalue weighted by molar-refractivity contribution is -0.274. The van der Waals surface area contributed by atoms with Crippen molar-refractivity contribution in [3.05, 3.63) is 47.3 Å². The fraction of sp³-hybridized carbons (Fsp3) is 0.565. The number of hydrogen-bond donors (Lipinski definition) is 0. The molecule has 0 N–H and O–H groups in total. The number of piperidine rings is 1. The number of amides is 1. The molecule has 2 heterocycles. The Kier molecular flexibility index (Phi) is 6.20. The Labute approximate surface area is 185 Å². The highest BCUT2D eigenvalue weighted by Gasteiger charge is 2.55. The molecule has 1 amide bonds. The van der Waals surface area contributed by atoms with Crippen molar-refractivity contribution in [2.75, 3.05) is 26.2 Å². The van der Waals surface area contributed by atoms with E-state index in [0.717, 1.165) is 25.3 Å². The molecule has 32 heavy (non-hydrogen) atoms. The largest absolute Gasteiger partial charge is 0.573 e. The number of hydrogen-bond acceptors (Lipinski definition) is 4. The SMILES string of the molecule is CCN1CC2C(C1)C2CN(Cc1cccc(OC(F)(F)F)c1)C(=O)c1cc(C)nn1CC. The van der Waals surface area contributed by atoms with Crippen LogP contribution >= 0.6 is 0 Å². The number of aryl methyl sites for hydroxylation is 2. The number of alkyl halides is 3. The van der Waals surface area contributed by atoms with Gasteiger partial charge in [0.1, 0.15) is 11.4 Å². The van der Waals surface area contributed by atoms with Gasteiger partial charge in [0, 0.05) is 32.7 Å². The van der Waals surface area contributed by atoms with E-state index in [9.17, 15) is 18.0 Å². The highest BCUT2D eigenvalue weighted by molar-refractivity contribution is 5.92. The van der Waals surface area contributed by atoms with Crippen LogP contribution in [0, 0.1) is 24.7 Å². The Balaban J connectivity index is 1.54. The van der Waals surface area contributed by atoms with Gasteiger partial charge in [-0.15, -0.1) is 13.2 Å². The van der Waals surface area contributed by atoms with Gasteiger partial charge in [-0.2, -0.15) is 5.10 Å². The van der Waals surface area contributed by atoms with Crippen molar-refractivity contribution in [3.63, 3.8) is 0 Å². The van der Waals surface area contributed by atoms with Crippen LogP contribution < -0.4 is 4.74 Å². The summed E-state index contributed by atoms with van der Waals surface area (Å²) in [5, 5.41) is 4.38. The molecule has 1 aliphatic carbocycles. The second-order valence-corrected chi connectivity index (χ2v) is 8.71. The fourth-order valence-electron chi connectivity index (χ4n) is 4.92. The quantitative estimate of drug-likeness (QED) is 0.611. The normalized spacial score (nSPS) is 22.6. The number of aromatic nitrogens is 2. The molecular formula is C23H29F3N4O2. The van der Waals surface area contributed by atoms with Crippen molar-refractivity contribution in [1.29, 1.82) is 0 Å². The summed E-state index contributed by atoms with van der Waals surface area (Å²) in [6.45, 7) is 10.4. The lowest BCUT2D eigenvalue weighted by atomic mass is 10.1. The summed E-state index contributed by atoms with van der Waals surface area (Å²) in [4.78, 5) is 17.7. The van der Waals surface area contributed by atoms with Gasteiger partial charge in [0.25, 0.3) is 5.91 Å². The van der Waals surface area contributed by atoms with Crippen LogP contribution in [0.1, 0.15) is 35.6 Å². The van der Waals surface area contributed by atoms with Gasteiger partial charge in [0.2, 0.25) is 0 Å². The summed E-state index contributed by atoms with van der Waals surface area (Å²) in [6, 6.07) is 7.63. The van der Waals surface area contributed by atoms with Crippen LogP contribution in [0.2, 0.25) is 0 Å². The van der Waals surface area contributed by atoms with Crippen molar-refractivity contribution in [2.45, 2.75) is 40.2 Å². The van der Waals surface area contributed by atoms with Gasteiger partial charge in [-0.25, -0.2) is 0 Å². The number of ether oxygens (including phenoxy) is 1. The highest BCUT2D eigenvalue weighted by Crippen LogP contribution is 2.52. The molecule has 0 spiro atoms. The number of benzene rings is 1. The van der Waals surface area contributed by atoms with Crippen LogP contribution in [0.25, 0.3) is 0 Å². The van der Waals surface area contributed by atoms with E-state index >= 15 is 0 Å². The number of nitrogens with zero attached hydrogens (tertiary/aromatic N) is 4. The molecule has 1 saturated carbocycles. The molecule has 9 heteroatoms. The Bertz CT molecular complexity index is 962. The minimum atomic E-state index is -4.75. The third-order valence-electron chi connectivity index (χ3n) is 6.54. The number of likely N-dealkylation sites (tertiary alicyclic amines) is 1. The van der Waals surface area contributed by atoms with Gasteiger partial charge in [-0.1, -0.05) is 19.1 Å². The van der Waals surface area contributed by atoms with E-state index in [1.165, 1.54) is 18.2 Å². The Morgan fingerprint density at radius 3 is 2.53 bits per heavy atom. The van der Waals surface area contributed by atoms with Gasteiger partial charge < -0.3 is 14.5 Å². The first-order chi connectivity index (χ1) is 15.2. The van der Waals surface area contributed by atoms with Gasteiger partial charge in [0.05, 0.1) is 5.69 Å². The molecule has 1 aliphatic heterocycles. The predicted molar refractivity (Wildman–Crippen MR) is 113 cm³/mol. The Hall–Kier alpha value is -2.55. The fourth-order valence-corrected chi connectivity index (χ4v) is 4.92. The summed E-state index contributed by atoms with van der Waals surface area (Å²) in [6.07, 6.45) is -4.75. The van der Waals surface area contributed by atoms with Crippen LogP contribution in [0.3, 0.4) is 0 Å². The number of carbonyl (C=O) groups excluding carboxylic acids is 1. The van der Waals surface area contributed by atoms with Gasteiger partial charge in [-0.3, -0.25) is 9.48 Å². The first-order valence-electron chi connectivity index (χ1n) is 11.1. The van der Waals surface area contributed by atoms with Crippen LogP contribution in [0.4, 0.5) is 13.2 Å². The molecule has 2 atom stereocenters. The zero-order valence-electron chi connectivity index (χ0n) is 18.6. The Morgan fingerprint density at radius 2 is 1.91 bits per heavy atom. The second kappa shape index (κ2) is 8.77. The van der Waals surface area contributed by atoms with Crippen molar-refractivity contribution in [2.24, 2.45) is 17.8 Å². The van der Waals surface area contributed by atoms with E-state index in [-0.39, 0.29) is 18.2 Å². The molecule has 1 aromatic carbocycles. The third-order valence-corrected chi connectivity index (χ3v) is 6.54. The lowest BCUT2D eigenvalue weighted by Gasteiger charge is -2.25. The summed E-state index contributed by atoms with van der Waals surface area (Å²) in [5.74, 6) is 1.17. The smallest absolute Gasteiger partial charge is 0.406 e. The topological polar surface area (TPSA) is 50.6 Å². The molecule has 1 saturated heterocycles. The van der Waals surface area contributed by atoms with E-state index in [0.29, 0.717) is 42.1 Å². The molecule has 0 bridgehead atoms. The van der Waals surface area contributed by atoms with E-state index in [1.54, 1.807) is 21.7 Å². The molecule has 2 aliphatic rings. The van der Waals surface area contributed by atoms with Crippen LogP contribution in [-0.4, -0.2) is 58.0 Å². The summed E-state index contributed by atoms with van der Waals surface area (Å²) in [5.41, 5.74) is 1.87. The molecule has 2 fully saturated rings. The van der Waals surface area contributed by atoms with Crippen LogP contribution in [0.15, 0.2) is 30.3 Å². The minimum Gasteiger partial charge on any atom is -0.406 e. The van der Waals surface area contributed by atoms with Crippen LogP contribution in [0.5, 0.6) is 5.75 Å². The van der Waals surface area contributed by atoms with Gasteiger partial charge in [0.15, 0.2) is 0 Å². The molecule has 2 unspecified atom stereocenters. The van der Waals surface area contributed by atoms with Crippen molar-refractivity contribution in [3.8, 4) is 5.75 Å². The first-order valence-corrected chi connectivity index (χ1v) is 11.1. The van der Waals surface area contributed by atoms with E-state index in [1.807, 2.05) is 13.8 Å². The summed E-state index contributed by atoms with van der Waals surface area (Å²) < 4.78 is 43.7. The average Bonchev–Trinajstić information content (AvgIpc) is 3.07. The molecule has 0 radical (unpaired) electrons. The zero-order valence-corrected chi connectivity index (χ0v) is 18.6. The zero-order chi connectivity index (χ0) is 23.0. The summed E-state index contributed by atoms with van der Waals surface area (Å²) in [7, 11) is 0. The Morgan fingerprint density at radius 1 is 1.19 bits per heavy atom. The molecular weight excluding hydrogens is 421 g/mol. The van der Waals surface area contributed by atoms with E-state index in [4.69, 9.17) is 0 Å². The molecule has 174 valence electrons. The number of fused-ring (bicyclic) bond motifs is 1. The van der Waals surface area contributed by atoms with E-state index < -0.39 is 6.36 Å². The maximum atomic E-state index is 13.5. The number of rotatable bonds is 8. The standard InChI is InChI=1S/C23H29F3N4O2/c1-4-28-12-18-19(13-28)20(18)14-29(22(31)21-9-15(3)27-30(21)5-2)11-16-7-6-8-17(10-16)32-23(24,25)26/h6-10,18-20H,4-5,11-14H2,1-3H3. The maximum Gasteiger partial charge on any atom is 0.573 e. The molecule has 6 nitrogen and oxygen atoms in total. The van der Waals surface area contributed by atoms with Crippen LogP contribution in [-0.2, 0) is 13.1 Å². The average molecular weight is 451 g/mol. The maximum absolute atomic E-state index is 13.5. The van der Waals surface area contributed by atoms with Crippen molar-refractivity contribution >= 4 is 5.91 Å². The monoisotopic (exact) mass is 450 g/mol. The van der Waals surface area contributed by atoms with Crippen molar-refractivity contribution in [1.82, 2.24) is 19.6 Å². The predicted octanol–water partition coefficient (Wildman–Crippen LogP) is 3.95. The van der Waals surface area contributed by atoms with Gasteiger partial charge in [-0.05, 0) is 61.9 Å². The van der Waals surface area contributed by atoms with E-state index in [2.05, 4.69) is 21.7 Å². The molecule has 2 aromatic rings. The molecule has 4 rings (SSSR count). The molecule has 1 aromatic heterocycles. The number of carbonyl (C=O) groups is 1. The highest BCUT2D eigenvalue weighted by atomic mass is 19.4. The third kappa shape index (κ3) is 4.92. The lowest BCUT2D eigenvalue weighted by Crippen LogP contribution is -2.36. The van der Waals surface area contributed by atoms with Crippen molar-refractivity contribution < 1.29 is 22.7 Å². The summed E-state index contributed by atoms with van der Waals surface area (Å²) >= 11 is 0. The second-order valence-electron chi connectivity index (χ2n) is 8.71. The first kappa shape index (κ1) is 22.6. The number of halogens is 3. The van der Waals surface area contributed by atoms with Gasteiger partial charge >= 0.3 is 6.36 Å². The minimum absolute atomic E-state index is 0.146.